The minimum Gasteiger partial charge on any atom is -0.324 e. The second-order valence-corrected chi connectivity index (χ2v) is 5.45. The van der Waals surface area contributed by atoms with Gasteiger partial charge in [-0.3, -0.25) is 9.78 Å². The van der Waals surface area contributed by atoms with Gasteiger partial charge in [-0.15, -0.1) is 11.6 Å². The predicted molar refractivity (Wildman–Crippen MR) is 79.5 cm³/mol. The van der Waals surface area contributed by atoms with E-state index in [1.165, 1.54) is 5.56 Å². The van der Waals surface area contributed by atoms with Crippen molar-refractivity contribution in [2.75, 3.05) is 11.2 Å². The molecule has 0 atom stereocenters. The number of halogens is 2. The van der Waals surface area contributed by atoms with E-state index in [-0.39, 0.29) is 11.8 Å². The zero-order valence-electron chi connectivity index (χ0n) is 9.91. The number of fused-ring (bicyclic) bond motifs is 3. The van der Waals surface area contributed by atoms with Crippen molar-refractivity contribution in [3.63, 3.8) is 0 Å². The van der Waals surface area contributed by atoms with Crippen LogP contribution in [0.1, 0.15) is 11.1 Å². The Hall–Kier alpha value is -1.39. The van der Waals surface area contributed by atoms with Gasteiger partial charge in [0.1, 0.15) is 5.88 Å². The van der Waals surface area contributed by atoms with Gasteiger partial charge in [0.05, 0.1) is 15.9 Å². The van der Waals surface area contributed by atoms with E-state index >= 15 is 0 Å². The summed E-state index contributed by atoms with van der Waals surface area (Å²) < 4.78 is 0.775. The number of carbonyl (C=O) groups excluding carboxylic acids is 1. The van der Waals surface area contributed by atoms with Crippen LogP contribution in [0, 0.1) is 0 Å². The molecule has 3 nitrogen and oxygen atoms in total. The van der Waals surface area contributed by atoms with Crippen molar-refractivity contribution in [2.45, 2.75) is 6.42 Å². The molecule has 0 saturated heterocycles. The van der Waals surface area contributed by atoms with Gasteiger partial charge in [0.15, 0.2) is 0 Å². The number of pyridine rings is 1. The quantitative estimate of drug-likeness (QED) is 0.726. The average molecular weight is 338 g/mol. The highest BCUT2D eigenvalue weighted by atomic mass is 79.9. The molecule has 0 saturated carbocycles. The Labute approximate surface area is 124 Å². The SMILES string of the molecule is O=C(CCl)Nc1c(Br)cnc2c1Cc1ccccc1-2. The Morgan fingerprint density at radius 2 is 2.21 bits per heavy atom. The number of aromatic nitrogens is 1. The van der Waals surface area contributed by atoms with Crippen LogP contribution in [0.3, 0.4) is 0 Å². The maximum atomic E-state index is 11.5. The lowest BCUT2D eigenvalue weighted by molar-refractivity contribution is -0.113. The van der Waals surface area contributed by atoms with Crippen LogP contribution in [-0.2, 0) is 11.2 Å². The number of nitrogens with one attached hydrogen (secondary N) is 1. The molecule has 0 spiro atoms. The van der Waals surface area contributed by atoms with Gasteiger partial charge < -0.3 is 5.32 Å². The largest absolute Gasteiger partial charge is 0.324 e. The van der Waals surface area contributed by atoms with Gasteiger partial charge in [0, 0.05) is 23.7 Å². The topological polar surface area (TPSA) is 42.0 Å². The first-order valence-corrected chi connectivity index (χ1v) is 7.15. The average Bonchev–Trinajstić information content (AvgIpc) is 2.80. The molecule has 1 aliphatic rings. The normalized spacial score (nSPS) is 11.9. The zero-order chi connectivity index (χ0) is 13.4. The number of alkyl halides is 1. The van der Waals surface area contributed by atoms with Crippen LogP contribution in [-0.4, -0.2) is 16.8 Å². The molecule has 3 rings (SSSR count). The Morgan fingerprint density at radius 1 is 1.42 bits per heavy atom. The van der Waals surface area contributed by atoms with Crippen molar-refractivity contribution in [1.82, 2.24) is 4.98 Å². The van der Waals surface area contributed by atoms with Crippen molar-refractivity contribution in [2.24, 2.45) is 0 Å². The van der Waals surface area contributed by atoms with Crippen LogP contribution in [0.25, 0.3) is 11.3 Å². The molecule has 0 unspecified atom stereocenters. The lowest BCUT2D eigenvalue weighted by atomic mass is 10.1. The summed E-state index contributed by atoms with van der Waals surface area (Å²) >= 11 is 8.98. The molecular formula is C14H10BrClN2O. The van der Waals surface area contributed by atoms with E-state index < -0.39 is 0 Å². The van der Waals surface area contributed by atoms with Gasteiger partial charge in [-0.1, -0.05) is 24.3 Å². The van der Waals surface area contributed by atoms with Crippen LogP contribution in [0.15, 0.2) is 34.9 Å². The van der Waals surface area contributed by atoms with Crippen LogP contribution in [0.5, 0.6) is 0 Å². The Balaban J connectivity index is 2.12. The second kappa shape index (κ2) is 4.94. The van der Waals surface area contributed by atoms with E-state index in [1.807, 2.05) is 12.1 Å². The molecule has 1 amide bonds. The minimum atomic E-state index is -0.216. The molecule has 1 heterocycles. The van der Waals surface area contributed by atoms with E-state index in [1.54, 1.807) is 6.20 Å². The van der Waals surface area contributed by atoms with Crippen LogP contribution < -0.4 is 5.32 Å². The first kappa shape index (κ1) is 12.6. The second-order valence-electron chi connectivity index (χ2n) is 4.32. The Bertz CT molecular complexity index is 672. The lowest BCUT2D eigenvalue weighted by Crippen LogP contribution is -2.14. The summed E-state index contributed by atoms with van der Waals surface area (Å²) in [6.07, 6.45) is 2.49. The third kappa shape index (κ3) is 2.15. The van der Waals surface area contributed by atoms with Gasteiger partial charge in [-0.2, -0.15) is 0 Å². The molecule has 5 heteroatoms. The molecule has 1 N–H and O–H groups in total. The maximum Gasteiger partial charge on any atom is 0.239 e. The summed E-state index contributed by atoms with van der Waals surface area (Å²) in [6, 6.07) is 8.14. The number of anilines is 1. The highest BCUT2D eigenvalue weighted by Gasteiger charge is 2.24. The fraction of sp³-hybridized carbons (Fsp3) is 0.143. The molecule has 0 aliphatic heterocycles. The molecule has 0 radical (unpaired) electrons. The number of rotatable bonds is 2. The maximum absolute atomic E-state index is 11.5. The van der Waals surface area contributed by atoms with Gasteiger partial charge in [0.25, 0.3) is 0 Å². The number of nitrogens with zero attached hydrogens (tertiary/aromatic N) is 1. The van der Waals surface area contributed by atoms with E-state index in [9.17, 15) is 4.79 Å². The molecule has 19 heavy (non-hydrogen) atoms. The molecule has 96 valence electrons. The summed E-state index contributed by atoms with van der Waals surface area (Å²) in [6.45, 7) is 0. The molecule has 0 fully saturated rings. The Kier molecular flexibility index (Phi) is 3.29. The smallest absolute Gasteiger partial charge is 0.239 e. The van der Waals surface area contributed by atoms with Crippen molar-refractivity contribution < 1.29 is 4.79 Å². The standard InChI is InChI=1S/C14H10BrClN2O/c15-11-7-17-13-9-4-2-1-3-8(9)5-10(13)14(11)18-12(19)6-16/h1-4,7H,5-6H2,(H,17,18,19). The third-order valence-corrected chi connectivity index (χ3v) is 4.00. The number of hydrogen-bond acceptors (Lipinski definition) is 2. The van der Waals surface area contributed by atoms with E-state index in [2.05, 4.69) is 38.4 Å². The number of benzene rings is 1. The van der Waals surface area contributed by atoms with Crippen molar-refractivity contribution in [3.8, 4) is 11.3 Å². The molecule has 1 aromatic carbocycles. The van der Waals surface area contributed by atoms with Gasteiger partial charge >= 0.3 is 0 Å². The minimum absolute atomic E-state index is 0.0590. The lowest BCUT2D eigenvalue weighted by Gasteiger charge is -2.11. The van der Waals surface area contributed by atoms with Crippen molar-refractivity contribution >= 4 is 39.1 Å². The first-order valence-electron chi connectivity index (χ1n) is 5.82. The van der Waals surface area contributed by atoms with Gasteiger partial charge in [-0.05, 0) is 21.5 Å². The molecule has 2 aromatic rings. The third-order valence-electron chi connectivity index (χ3n) is 3.16. The Morgan fingerprint density at radius 3 is 3.00 bits per heavy atom. The highest BCUT2D eigenvalue weighted by Crippen LogP contribution is 2.41. The fourth-order valence-electron chi connectivity index (χ4n) is 2.33. The zero-order valence-corrected chi connectivity index (χ0v) is 12.3. The van der Waals surface area contributed by atoms with E-state index in [0.717, 1.165) is 33.4 Å². The monoisotopic (exact) mass is 336 g/mol. The molecule has 0 bridgehead atoms. The number of amides is 1. The predicted octanol–water partition coefficient (Wildman–Crippen LogP) is 3.59. The molecule has 1 aliphatic carbocycles. The summed E-state index contributed by atoms with van der Waals surface area (Å²) in [5.41, 5.74) is 5.10. The van der Waals surface area contributed by atoms with Gasteiger partial charge in [-0.25, -0.2) is 0 Å². The first-order chi connectivity index (χ1) is 9.20. The van der Waals surface area contributed by atoms with E-state index in [4.69, 9.17) is 11.6 Å². The van der Waals surface area contributed by atoms with E-state index in [0.29, 0.717) is 0 Å². The highest BCUT2D eigenvalue weighted by molar-refractivity contribution is 9.10. The van der Waals surface area contributed by atoms with Gasteiger partial charge in [0.2, 0.25) is 5.91 Å². The fourth-order valence-corrected chi connectivity index (χ4v) is 2.84. The van der Waals surface area contributed by atoms with Crippen LogP contribution in [0.4, 0.5) is 5.69 Å². The number of carbonyl (C=O) groups is 1. The summed E-state index contributed by atoms with van der Waals surface area (Å²) in [5, 5.41) is 2.84. The van der Waals surface area contributed by atoms with Crippen molar-refractivity contribution in [3.05, 3.63) is 46.1 Å². The molecular weight excluding hydrogens is 328 g/mol. The van der Waals surface area contributed by atoms with Crippen LogP contribution >= 0.6 is 27.5 Å². The van der Waals surface area contributed by atoms with Crippen molar-refractivity contribution in [1.29, 1.82) is 0 Å². The number of hydrogen-bond donors (Lipinski definition) is 1. The molecule has 1 aromatic heterocycles. The van der Waals surface area contributed by atoms with Crippen LogP contribution in [0.2, 0.25) is 0 Å². The summed E-state index contributed by atoms with van der Waals surface area (Å²) in [4.78, 5) is 16.0. The summed E-state index contributed by atoms with van der Waals surface area (Å²) in [5.74, 6) is -0.275. The summed E-state index contributed by atoms with van der Waals surface area (Å²) in [7, 11) is 0.